The van der Waals surface area contributed by atoms with Crippen molar-refractivity contribution in [3.05, 3.63) is 77.4 Å². The van der Waals surface area contributed by atoms with Crippen molar-refractivity contribution in [1.82, 2.24) is 4.90 Å². The lowest BCUT2D eigenvalue weighted by Gasteiger charge is -2.38. The molecule has 248 valence electrons. The van der Waals surface area contributed by atoms with E-state index in [4.69, 9.17) is 23.1 Å². The van der Waals surface area contributed by atoms with Crippen LogP contribution in [-0.2, 0) is 0 Å². The van der Waals surface area contributed by atoms with Crippen LogP contribution in [0.15, 0.2) is 60.7 Å². The Balaban J connectivity index is 1.55. The van der Waals surface area contributed by atoms with Crippen molar-refractivity contribution in [2.24, 2.45) is 0 Å². The molecule has 0 amide bonds. The van der Waals surface area contributed by atoms with E-state index >= 15 is 0 Å². The van der Waals surface area contributed by atoms with E-state index in [1.807, 2.05) is 26.2 Å². The Bertz CT molecular complexity index is 1600. The van der Waals surface area contributed by atoms with Crippen molar-refractivity contribution < 1.29 is 23.1 Å². The second-order valence-corrected chi connectivity index (χ2v) is 25.4. The largest absolute Gasteiger partial charge is 0.543 e. The Morgan fingerprint density at radius 3 is 1.78 bits per heavy atom. The summed E-state index contributed by atoms with van der Waals surface area (Å²) in [5.74, 6) is 4.20. The number of hydrogen-bond donors (Lipinski definition) is 0. The molecular weight excluding hydrogens is 607 g/mol. The van der Waals surface area contributed by atoms with E-state index in [1.165, 1.54) is 0 Å². The van der Waals surface area contributed by atoms with Gasteiger partial charge in [-0.3, -0.25) is 0 Å². The van der Waals surface area contributed by atoms with Crippen LogP contribution in [0.5, 0.6) is 28.7 Å². The highest BCUT2D eigenvalue weighted by Gasteiger charge is 2.41. The van der Waals surface area contributed by atoms with E-state index in [2.05, 4.69) is 121 Å². The van der Waals surface area contributed by atoms with Gasteiger partial charge in [0.05, 0.1) is 0 Å². The smallest absolute Gasteiger partial charge is 0.250 e. The Morgan fingerprint density at radius 2 is 1.24 bits per heavy atom. The lowest BCUT2D eigenvalue weighted by Crippen LogP contribution is -2.43. The van der Waals surface area contributed by atoms with Crippen molar-refractivity contribution in [2.45, 2.75) is 83.9 Å². The normalized spacial score (nSPS) is 16.6. The number of ether oxygens (including phenoxy) is 3. The van der Waals surface area contributed by atoms with Crippen LogP contribution >= 0.6 is 0 Å². The number of nitrogens with zero attached hydrogens (tertiary/aromatic N) is 1. The van der Waals surface area contributed by atoms with Gasteiger partial charge < -0.3 is 28.0 Å². The van der Waals surface area contributed by atoms with Crippen LogP contribution in [-0.4, -0.2) is 55.4 Å². The summed E-state index contributed by atoms with van der Waals surface area (Å²) in [6.45, 7) is 24.6. The Hall–Kier alpha value is -3.21. The molecule has 0 aliphatic carbocycles. The van der Waals surface area contributed by atoms with Gasteiger partial charge in [0.2, 0.25) is 16.6 Å². The van der Waals surface area contributed by atoms with Gasteiger partial charge in [-0.05, 0) is 92.3 Å². The van der Waals surface area contributed by atoms with Crippen LogP contribution in [0.2, 0.25) is 36.3 Å². The van der Waals surface area contributed by atoms with Gasteiger partial charge in [0.15, 0.2) is 6.10 Å². The summed E-state index contributed by atoms with van der Waals surface area (Å²) in [5, 5.41) is 0.188. The molecule has 2 heterocycles. The third kappa shape index (κ3) is 7.04. The van der Waals surface area contributed by atoms with Gasteiger partial charge in [0.1, 0.15) is 42.0 Å². The van der Waals surface area contributed by atoms with Gasteiger partial charge in [-0.25, -0.2) is 0 Å². The molecule has 0 saturated carbocycles. The molecule has 0 saturated heterocycles. The summed E-state index contributed by atoms with van der Waals surface area (Å²) in [6, 6.07) is 20.9. The fourth-order valence-electron chi connectivity index (χ4n) is 5.13. The van der Waals surface area contributed by atoms with Gasteiger partial charge in [0, 0.05) is 41.0 Å². The molecule has 0 bridgehead atoms. The second-order valence-electron chi connectivity index (χ2n) is 15.9. The molecule has 46 heavy (non-hydrogen) atoms. The molecule has 5 rings (SSSR count). The number of fused-ring (bicyclic) bond motifs is 4. The Labute approximate surface area is 278 Å². The quantitative estimate of drug-likeness (QED) is 0.213. The van der Waals surface area contributed by atoms with Gasteiger partial charge in [-0.15, -0.1) is 0 Å². The molecular formula is C38H53NO5Si2. The van der Waals surface area contributed by atoms with Gasteiger partial charge >= 0.3 is 0 Å². The summed E-state index contributed by atoms with van der Waals surface area (Å²) < 4.78 is 32.8. The minimum Gasteiger partial charge on any atom is -0.543 e. The molecule has 8 heteroatoms. The molecule has 3 aromatic carbocycles. The zero-order valence-electron chi connectivity index (χ0n) is 30.0. The highest BCUT2D eigenvalue weighted by atomic mass is 28.4. The van der Waals surface area contributed by atoms with Crippen molar-refractivity contribution in [1.29, 1.82) is 0 Å². The van der Waals surface area contributed by atoms with E-state index in [-0.39, 0.29) is 16.2 Å². The molecule has 1 atom stereocenters. The highest BCUT2D eigenvalue weighted by molar-refractivity contribution is 6.75. The third-order valence-corrected chi connectivity index (χ3v) is 18.8. The van der Waals surface area contributed by atoms with Crippen molar-refractivity contribution in [3.63, 3.8) is 0 Å². The molecule has 2 aliphatic heterocycles. The Morgan fingerprint density at radius 1 is 0.717 bits per heavy atom. The van der Waals surface area contributed by atoms with Crippen LogP contribution in [0.25, 0.3) is 11.1 Å². The number of likely N-dealkylation sites (N-methyl/N-ethyl adjacent to an activating group) is 1. The summed E-state index contributed by atoms with van der Waals surface area (Å²) in [7, 11) is 0.0547. The summed E-state index contributed by atoms with van der Waals surface area (Å²) in [6.07, 6.45) is -0.323. The van der Waals surface area contributed by atoms with E-state index in [1.54, 1.807) is 0 Å². The molecule has 0 radical (unpaired) electrons. The molecule has 3 aromatic rings. The van der Waals surface area contributed by atoms with Crippen molar-refractivity contribution >= 4 is 27.8 Å². The maximum Gasteiger partial charge on any atom is 0.250 e. The zero-order chi connectivity index (χ0) is 33.7. The van der Waals surface area contributed by atoms with E-state index < -0.39 is 16.6 Å². The minimum absolute atomic E-state index is 0.0897. The van der Waals surface area contributed by atoms with Crippen LogP contribution in [0.3, 0.4) is 0 Å². The first-order chi connectivity index (χ1) is 21.4. The predicted molar refractivity (Wildman–Crippen MR) is 195 cm³/mol. The first-order valence-corrected chi connectivity index (χ1v) is 22.2. The van der Waals surface area contributed by atoms with Gasteiger partial charge in [0.25, 0.3) is 0 Å². The number of rotatable bonds is 9. The van der Waals surface area contributed by atoms with Crippen LogP contribution in [0, 0.1) is 0 Å². The predicted octanol–water partition coefficient (Wildman–Crippen LogP) is 9.83. The maximum atomic E-state index is 6.94. The fraction of sp³-hybridized carbons (Fsp3) is 0.474. The zero-order valence-corrected chi connectivity index (χ0v) is 32.0. The summed E-state index contributed by atoms with van der Waals surface area (Å²) in [4.78, 5) is 2.12. The highest BCUT2D eigenvalue weighted by Crippen LogP contribution is 2.53. The molecule has 6 nitrogen and oxygen atoms in total. The van der Waals surface area contributed by atoms with E-state index in [0.29, 0.717) is 13.2 Å². The number of benzene rings is 3. The fourth-order valence-corrected chi connectivity index (χ4v) is 7.18. The monoisotopic (exact) mass is 659 g/mol. The average molecular weight is 660 g/mol. The minimum atomic E-state index is -2.03. The molecule has 0 aromatic heterocycles. The van der Waals surface area contributed by atoms with E-state index in [9.17, 15) is 0 Å². The first kappa shape index (κ1) is 34.1. The maximum absolute atomic E-state index is 6.94. The molecule has 1 unspecified atom stereocenters. The molecule has 0 N–H and O–H groups in total. The Kier molecular flexibility index (Phi) is 9.23. The second kappa shape index (κ2) is 12.4. The topological polar surface area (TPSA) is 49.4 Å². The van der Waals surface area contributed by atoms with Crippen molar-refractivity contribution in [2.75, 3.05) is 33.9 Å². The number of hydrogen-bond acceptors (Lipinski definition) is 6. The molecule has 2 aliphatic rings. The van der Waals surface area contributed by atoms with Crippen molar-refractivity contribution in [3.8, 4) is 28.7 Å². The average Bonchev–Trinajstić information content (AvgIpc) is 2.95. The van der Waals surface area contributed by atoms with Crippen LogP contribution in [0.4, 0.5) is 0 Å². The summed E-state index contributed by atoms with van der Waals surface area (Å²) >= 11 is 0. The van der Waals surface area contributed by atoms with Gasteiger partial charge in [-0.1, -0.05) is 53.7 Å². The van der Waals surface area contributed by atoms with Gasteiger partial charge in [-0.2, -0.15) is 0 Å². The third-order valence-electron chi connectivity index (χ3n) is 10.1. The standard InChI is InChI=1S/C38H53NO5Si2/c1-37(2,3)45(9,10)43-28-18-20-31-33(23-28)41-25-32-30-19-17-29(44-46(11,12)38(4,5)6)24-34(30)42-36(35(31)32)26-13-15-27(16-14-26)40-22-21-39(7)8/h13-20,23-24,36H,21-22,25H2,1-12H3. The van der Waals surface area contributed by atoms with Crippen LogP contribution in [0.1, 0.15) is 64.3 Å². The summed E-state index contributed by atoms with van der Waals surface area (Å²) in [5.41, 5.74) is 5.41. The first-order valence-electron chi connectivity index (χ1n) is 16.4. The SMILES string of the molecule is CN(C)CCOc1ccc(C2Oc3cc(O[Si](C)(C)C(C)(C)C)ccc3C3=C2c2ccc(O[Si](C)(C)C(C)(C)C)cc2OC3)cc1. The lowest BCUT2D eigenvalue weighted by molar-refractivity contribution is 0.251. The van der Waals surface area contributed by atoms with Crippen LogP contribution < -0.4 is 23.1 Å². The van der Waals surface area contributed by atoms with E-state index in [0.717, 1.165) is 63.1 Å². The molecule has 0 spiro atoms. The lowest BCUT2D eigenvalue weighted by atomic mass is 9.84. The molecule has 0 fully saturated rings.